The summed E-state index contributed by atoms with van der Waals surface area (Å²) in [6.45, 7) is 7.95. The van der Waals surface area contributed by atoms with E-state index in [1.54, 1.807) is 0 Å². The number of carbonyl (C=O) groups excluding carboxylic acids is 1. The van der Waals surface area contributed by atoms with Gasteiger partial charge in [-0.25, -0.2) is 0 Å². The van der Waals surface area contributed by atoms with E-state index in [1.165, 1.54) is 27.8 Å². The molecule has 1 N–H and O–H groups in total. The summed E-state index contributed by atoms with van der Waals surface area (Å²) in [5.41, 5.74) is 5.84. The second kappa shape index (κ2) is 9.97. The van der Waals surface area contributed by atoms with Crippen LogP contribution < -0.4 is 5.32 Å². The molecule has 0 aromatic heterocycles. The van der Waals surface area contributed by atoms with Gasteiger partial charge in [-0.05, 0) is 68.6 Å². The Morgan fingerprint density at radius 1 is 0.968 bits per heavy atom. The van der Waals surface area contributed by atoms with Crippen LogP contribution in [0.3, 0.4) is 0 Å². The van der Waals surface area contributed by atoms with Crippen molar-refractivity contribution in [3.05, 3.63) is 59.2 Å². The molecule has 2 fully saturated rings. The van der Waals surface area contributed by atoms with Gasteiger partial charge in [0.15, 0.2) is 0 Å². The minimum Gasteiger partial charge on any atom is -0.381 e. The van der Waals surface area contributed by atoms with Crippen molar-refractivity contribution in [2.24, 2.45) is 11.3 Å². The first-order valence-corrected chi connectivity index (χ1v) is 11.7. The third-order valence-electron chi connectivity index (χ3n) is 6.90. The second-order valence-corrected chi connectivity index (χ2v) is 9.37. The minimum absolute atomic E-state index is 0.192. The monoisotopic (exact) mass is 421 g/mol. The molecular formula is C27H35NO3. The largest absolute Gasteiger partial charge is 0.381 e. The van der Waals surface area contributed by atoms with Crippen molar-refractivity contribution in [3.8, 4) is 11.1 Å². The molecule has 0 aliphatic carbocycles. The molecule has 0 saturated carbocycles. The van der Waals surface area contributed by atoms with Crippen LogP contribution in [0.25, 0.3) is 11.1 Å². The molecule has 2 aromatic rings. The smallest absolute Gasteiger partial charge is 0.226 e. The van der Waals surface area contributed by atoms with E-state index in [0.29, 0.717) is 19.1 Å². The van der Waals surface area contributed by atoms with Crippen LogP contribution in [-0.4, -0.2) is 38.9 Å². The van der Waals surface area contributed by atoms with Crippen molar-refractivity contribution in [1.29, 1.82) is 0 Å². The van der Waals surface area contributed by atoms with Gasteiger partial charge >= 0.3 is 0 Å². The standard InChI is InChI=1S/C27H35NO3/c1-20-15-21(2)17-24(16-20)25-6-4-3-5-23(25)18-27(9-13-31-14-10-27)26(29)28-19-22-7-11-30-12-8-22/h3-6,15-17,22H,7-14,18-19H2,1-2H3,(H,28,29). The SMILES string of the molecule is Cc1cc(C)cc(-c2ccccc2CC2(C(=O)NCC3CCOCC3)CCOCC2)c1. The average Bonchev–Trinajstić information content (AvgIpc) is 2.78. The maximum atomic E-state index is 13.5. The maximum absolute atomic E-state index is 13.5. The van der Waals surface area contributed by atoms with Crippen LogP contribution in [0.15, 0.2) is 42.5 Å². The van der Waals surface area contributed by atoms with Gasteiger partial charge in [-0.15, -0.1) is 0 Å². The fourth-order valence-electron chi connectivity index (χ4n) is 5.07. The molecule has 0 spiro atoms. The number of amides is 1. The van der Waals surface area contributed by atoms with Crippen molar-refractivity contribution in [1.82, 2.24) is 5.32 Å². The van der Waals surface area contributed by atoms with Gasteiger partial charge in [0, 0.05) is 33.0 Å². The molecule has 2 aromatic carbocycles. The van der Waals surface area contributed by atoms with Crippen LogP contribution in [0.2, 0.25) is 0 Å². The highest BCUT2D eigenvalue weighted by atomic mass is 16.5. The molecule has 31 heavy (non-hydrogen) atoms. The zero-order valence-electron chi connectivity index (χ0n) is 18.9. The summed E-state index contributed by atoms with van der Waals surface area (Å²) in [5, 5.41) is 3.31. The zero-order chi connectivity index (χ0) is 21.7. The summed E-state index contributed by atoms with van der Waals surface area (Å²) in [5.74, 6) is 0.717. The fraction of sp³-hybridized carbons (Fsp3) is 0.519. The number of carbonyl (C=O) groups is 1. The van der Waals surface area contributed by atoms with E-state index in [-0.39, 0.29) is 5.91 Å². The Bertz CT molecular complexity index is 875. The Kier molecular flexibility index (Phi) is 7.09. The molecule has 2 aliphatic rings. The highest BCUT2D eigenvalue weighted by molar-refractivity contribution is 5.83. The molecule has 2 aliphatic heterocycles. The molecule has 0 atom stereocenters. The van der Waals surface area contributed by atoms with Gasteiger partial charge in [-0.1, -0.05) is 53.6 Å². The minimum atomic E-state index is -0.404. The van der Waals surface area contributed by atoms with E-state index < -0.39 is 5.41 Å². The topological polar surface area (TPSA) is 47.6 Å². The van der Waals surface area contributed by atoms with Gasteiger partial charge in [-0.3, -0.25) is 4.79 Å². The first kappa shape index (κ1) is 22.0. The molecule has 2 saturated heterocycles. The van der Waals surface area contributed by atoms with E-state index in [9.17, 15) is 4.79 Å². The van der Waals surface area contributed by atoms with Crippen LogP contribution in [0.5, 0.6) is 0 Å². The van der Waals surface area contributed by atoms with Gasteiger partial charge < -0.3 is 14.8 Å². The van der Waals surface area contributed by atoms with Crippen molar-refractivity contribution in [2.45, 2.75) is 46.0 Å². The normalized spacial score (nSPS) is 19.2. The number of hydrogen-bond donors (Lipinski definition) is 1. The molecule has 0 unspecified atom stereocenters. The third kappa shape index (κ3) is 5.36. The predicted molar refractivity (Wildman–Crippen MR) is 124 cm³/mol. The highest BCUT2D eigenvalue weighted by Gasteiger charge is 2.40. The third-order valence-corrected chi connectivity index (χ3v) is 6.90. The van der Waals surface area contributed by atoms with Crippen LogP contribution in [0.1, 0.15) is 42.4 Å². The quantitative estimate of drug-likeness (QED) is 0.725. The van der Waals surface area contributed by atoms with Gasteiger partial charge in [0.2, 0.25) is 5.91 Å². The molecule has 4 heteroatoms. The Morgan fingerprint density at radius 3 is 2.32 bits per heavy atom. The molecule has 0 radical (unpaired) electrons. The van der Waals surface area contributed by atoms with E-state index in [0.717, 1.165) is 51.9 Å². The summed E-state index contributed by atoms with van der Waals surface area (Å²) in [6, 6.07) is 15.3. The summed E-state index contributed by atoms with van der Waals surface area (Å²) in [4.78, 5) is 13.5. The van der Waals surface area contributed by atoms with Gasteiger partial charge in [-0.2, -0.15) is 0 Å². The number of nitrogens with one attached hydrogen (secondary N) is 1. The Morgan fingerprint density at radius 2 is 1.61 bits per heavy atom. The predicted octanol–water partition coefficient (Wildman–Crippen LogP) is 4.85. The average molecular weight is 422 g/mol. The summed E-state index contributed by atoms with van der Waals surface area (Å²) in [6.07, 6.45) is 4.36. The van der Waals surface area contributed by atoms with Gasteiger partial charge in [0.1, 0.15) is 0 Å². The Balaban J connectivity index is 1.57. The van der Waals surface area contributed by atoms with Crippen LogP contribution >= 0.6 is 0 Å². The van der Waals surface area contributed by atoms with Crippen LogP contribution in [0, 0.1) is 25.2 Å². The van der Waals surface area contributed by atoms with Crippen molar-refractivity contribution >= 4 is 5.91 Å². The molecule has 4 rings (SSSR count). The second-order valence-electron chi connectivity index (χ2n) is 9.37. The lowest BCUT2D eigenvalue weighted by Crippen LogP contribution is -2.47. The summed E-state index contributed by atoms with van der Waals surface area (Å²) < 4.78 is 11.1. The van der Waals surface area contributed by atoms with Crippen LogP contribution in [-0.2, 0) is 20.7 Å². The Hall–Kier alpha value is -2.17. The zero-order valence-corrected chi connectivity index (χ0v) is 18.9. The van der Waals surface area contributed by atoms with E-state index in [2.05, 4.69) is 61.6 Å². The molecule has 1 amide bonds. The lowest BCUT2D eigenvalue weighted by molar-refractivity contribution is -0.137. The van der Waals surface area contributed by atoms with Gasteiger partial charge in [0.25, 0.3) is 0 Å². The van der Waals surface area contributed by atoms with Gasteiger partial charge in [0.05, 0.1) is 5.41 Å². The van der Waals surface area contributed by atoms with E-state index >= 15 is 0 Å². The fourth-order valence-corrected chi connectivity index (χ4v) is 5.07. The molecule has 4 nitrogen and oxygen atoms in total. The first-order valence-electron chi connectivity index (χ1n) is 11.7. The molecule has 2 heterocycles. The molecule has 0 bridgehead atoms. The number of rotatable bonds is 6. The summed E-state index contributed by atoms with van der Waals surface area (Å²) >= 11 is 0. The molecule has 166 valence electrons. The van der Waals surface area contributed by atoms with E-state index in [4.69, 9.17) is 9.47 Å². The summed E-state index contributed by atoms with van der Waals surface area (Å²) in [7, 11) is 0. The number of hydrogen-bond acceptors (Lipinski definition) is 3. The lowest BCUT2D eigenvalue weighted by Gasteiger charge is -2.37. The Labute approximate surface area is 186 Å². The van der Waals surface area contributed by atoms with E-state index in [1.807, 2.05) is 0 Å². The number of ether oxygens (including phenoxy) is 2. The van der Waals surface area contributed by atoms with Crippen molar-refractivity contribution in [3.63, 3.8) is 0 Å². The number of benzene rings is 2. The lowest BCUT2D eigenvalue weighted by atomic mass is 9.73. The van der Waals surface area contributed by atoms with Crippen molar-refractivity contribution in [2.75, 3.05) is 33.0 Å². The highest BCUT2D eigenvalue weighted by Crippen LogP contribution is 2.38. The maximum Gasteiger partial charge on any atom is 0.226 e. The molecular weight excluding hydrogens is 386 g/mol. The van der Waals surface area contributed by atoms with Crippen molar-refractivity contribution < 1.29 is 14.3 Å². The number of aryl methyl sites for hydroxylation is 2. The van der Waals surface area contributed by atoms with Crippen LogP contribution in [0.4, 0.5) is 0 Å². The first-order chi connectivity index (χ1) is 15.1.